The van der Waals surface area contributed by atoms with Gasteiger partial charge >= 0.3 is 17.9 Å². The van der Waals surface area contributed by atoms with Gasteiger partial charge in [0, 0.05) is 19.4 Å². The fraction of sp³-hybridized carbons (Fsp3) is 0.930. The van der Waals surface area contributed by atoms with E-state index in [1.807, 2.05) is 6.92 Å². The molecule has 0 amide bonds. The number of nitrogens with zero attached hydrogens (tertiary/aromatic N) is 1. The number of esters is 3. The van der Waals surface area contributed by atoms with Crippen LogP contribution in [0.2, 0.25) is 0 Å². The van der Waals surface area contributed by atoms with E-state index < -0.39 is 0 Å². The first-order chi connectivity index (χ1) is 24.9. The maximum absolute atomic E-state index is 13.0. The lowest BCUT2D eigenvalue weighted by molar-refractivity contribution is -0.154. The Hall–Kier alpha value is -1.67. The van der Waals surface area contributed by atoms with Gasteiger partial charge in [-0.1, -0.05) is 130 Å². The fourth-order valence-electron chi connectivity index (χ4n) is 6.62. The molecule has 1 N–H and O–H groups in total. The number of methoxy groups -OCH3 is 1. The SMILES string of the molecule is CCCCCCCCC(CCCCCCC)OC(=O)C(C)CCCCCCN(CCO)CCCCCCCC(=O)OCCCCCCC(=O)OC. The van der Waals surface area contributed by atoms with Crippen LogP contribution >= 0.6 is 0 Å². The van der Waals surface area contributed by atoms with Crippen LogP contribution in [0.1, 0.15) is 207 Å². The highest BCUT2D eigenvalue weighted by Crippen LogP contribution is 2.20. The first kappa shape index (κ1) is 49.3. The summed E-state index contributed by atoms with van der Waals surface area (Å²) >= 11 is 0. The van der Waals surface area contributed by atoms with Crippen molar-refractivity contribution in [2.24, 2.45) is 5.92 Å². The molecular weight excluding hydrogens is 642 g/mol. The molecule has 0 saturated heterocycles. The third-order valence-corrected chi connectivity index (χ3v) is 10.1. The molecule has 0 aromatic carbocycles. The molecule has 8 nitrogen and oxygen atoms in total. The van der Waals surface area contributed by atoms with E-state index in [-0.39, 0.29) is 36.5 Å². The molecule has 8 heteroatoms. The summed E-state index contributed by atoms with van der Waals surface area (Å²) in [5, 5.41) is 9.55. The lowest BCUT2D eigenvalue weighted by atomic mass is 10.0. The number of ether oxygens (including phenoxy) is 3. The first-order valence-corrected chi connectivity index (χ1v) is 21.6. The molecule has 0 aliphatic carbocycles. The third-order valence-electron chi connectivity index (χ3n) is 10.1. The molecule has 2 atom stereocenters. The van der Waals surface area contributed by atoms with Gasteiger partial charge in [0.1, 0.15) is 6.10 Å². The Morgan fingerprint density at radius 2 is 1.00 bits per heavy atom. The number of hydrogen-bond donors (Lipinski definition) is 1. The zero-order valence-corrected chi connectivity index (χ0v) is 34.0. The van der Waals surface area contributed by atoms with Crippen LogP contribution in [0.5, 0.6) is 0 Å². The third kappa shape index (κ3) is 33.9. The van der Waals surface area contributed by atoms with Crippen LogP contribution in [-0.2, 0) is 28.6 Å². The van der Waals surface area contributed by atoms with Crippen molar-refractivity contribution in [1.82, 2.24) is 4.90 Å². The van der Waals surface area contributed by atoms with Crippen LogP contribution in [0.3, 0.4) is 0 Å². The molecule has 2 unspecified atom stereocenters. The molecule has 0 radical (unpaired) electrons. The Labute approximate surface area is 314 Å². The second-order valence-electron chi connectivity index (χ2n) is 15.0. The monoisotopic (exact) mass is 726 g/mol. The van der Waals surface area contributed by atoms with E-state index in [1.165, 1.54) is 77.7 Å². The molecule has 0 spiro atoms. The van der Waals surface area contributed by atoms with E-state index in [9.17, 15) is 19.5 Å². The summed E-state index contributed by atoms with van der Waals surface area (Å²) in [6.45, 7) is 9.93. The molecule has 302 valence electrons. The maximum Gasteiger partial charge on any atom is 0.308 e. The van der Waals surface area contributed by atoms with Gasteiger partial charge in [0.2, 0.25) is 0 Å². The summed E-state index contributed by atoms with van der Waals surface area (Å²) in [4.78, 5) is 38.4. The Morgan fingerprint density at radius 1 is 0.549 bits per heavy atom. The largest absolute Gasteiger partial charge is 0.469 e. The summed E-state index contributed by atoms with van der Waals surface area (Å²) in [5.74, 6) is -0.303. The van der Waals surface area contributed by atoms with Crippen LogP contribution in [-0.4, -0.2) is 74.0 Å². The van der Waals surface area contributed by atoms with Crippen molar-refractivity contribution in [3.63, 3.8) is 0 Å². The van der Waals surface area contributed by atoms with E-state index in [0.29, 0.717) is 19.4 Å². The van der Waals surface area contributed by atoms with Gasteiger partial charge in [0.05, 0.1) is 26.2 Å². The maximum atomic E-state index is 13.0. The van der Waals surface area contributed by atoms with Crippen molar-refractivity contribution in [2.45, 2.75) is 213 Å². The molecule has 0 rings (SSSR count). The van der Waals surface area contributed by atoms with Gasteiger partial charge in [-0.15, -0.1) is 0 Å². The first-order valence-electron chi connectivity index (χ1n) is 21.6. The van der Waals surface area contributed by atoms with Crippen LogP contribution in [0.4, 0.5) is 0 Å². The number of carbonyl (C=O) groups excluding carboxylic acids is 3. The van der Waals surface area contributed by atoms with Crippen molar-refractivity contribution >= 4 is 17.9 Å². The van der Waals surface area contributed by atoms with Gasteiger partial charge < -0.3 is 24.2 Å². The molecule has 0 fully saturated rings. The Kier molecular flexibility index (Phi) is 36.8. The van der Waals surface area contributed by atoms with Crippen molar-refractivity contribution in [2.75, 3.05) is 40.0 Å². The van der Waals surface area contributed by atoms with Gasteiger partial charge in [-0.3, -0.25) is 14.4 Å². The Morgan fingerprint density at radius 3 is 1.53 bits per heavy atom. The molecule has 0 aliphatic heterocycles. The quantitative estimate of drug-likeness (QED) is 0.0379. The van der Waals surface area contributed by atoms with Crippen LogP contribution in [0.25, 0.3) is 0 Å². The zero-order chi connectivity index (χ0) is 37.6. The van der Waals surface area contributed by atoms with Crippen LogP contribution < -0.4 is 0 Å². The zero-order valence-electron chi connectivity index (χ0n) is 34.0. The van der Waals surface area contributed by atoms with E-state index in [4.69, 9.17) is 9.47 Å². The molecule has 51 heavy (non-hydrogen) atoms. The second-order valence-corrected chi connectivity index (χ2v) is 15.0. The van der Waals surface area contributed by atoms with Crippen molar-refractivity contribution in [3.05, 3.63) is 0 Å². The highest BCUT2D eigenvalue weighted by Gasteiger charge is 2.19. The predicted octanol–water partition coefficient (Wildman–Crippen LogP) is 10.9. The summed E-state index contributed by atoms with van der Waals surface area (Å²) in [7, 11) is 1.41. The van der Waals surface area contributed by atoms with E-state index in [2.05, 4.69) is 23.5 Å². The minimum Gasteiger partial charge on any atom is -0.469 e. The number of unbranched alkanes of at least 4 members (excludes halogenated alkanes) is 19. The lowest BCUT2D eigenvalue weighted by Crippen LogP contribution is -2.29. The standard InChI is InChI=1S/C43H83NO7/c1-5-7-9-11-14-23-31-40(30-22-13-10-8-6-2)51-43(48)39(3)29-21-16-19-27-35-44(36-37-45)34-26-18-12-15-25-33-42(47)50-38-28-20-17-24-32-41(46)49-4/h39-40,45H,5-38H2,1-4H3. The van der Waals surface area contributed by atoms with E-state index in [1.54, 1.807) is 0 Å². The van der Waals surface area contributed by atoms with Crippen molar-refractivity contribution in [1.29, 1.82) is 0 Å². The van der Waals surface area contributed by atoms with E-state index >= 15 is 0 Å². The lowest BCUT2D eigenvalue weighted by Gasteiger charge is -2.21. The summed E-state index contributed by atoms with van der Waals surface area (Å²) in [5.41, 5.74) is 0. The summed E-state index contributed by atoms with van der Waals surface area (Å²) < 4.78 is 16.1. The molecule has 0 aromatic heterocycles. The van der Waals surface area contributed by atoms with E-state index in [0.717, 1.165) is 122 Å². The number of hydrogen-bond acceptors (Lipinski definition) is 8. The predicted molar refractivity (Wildman–Crippen MR) is 211 cm³/mol. The minimum atomic E-state index is -0.168. The molecule has 0 heterocycles. The summed E-state index contributed by atoms with van der Waals surface area (Å²) in [6, 6.07) is 0. The molecular formula is C43H83NO7. The van der Waals surface area contributed by atoms with Crippen molar-refractivity contribution in [3.8, 4) is 0 Å². The highest BCUT2D eigenvalue weighted by molar-refractivity contribution is 5.72. The average Bonchev–Trinajstić information content (AvgIpc) is 3.12. The number of aliphatic hydroxyl groups is 1. The normalized spacial score (nSPS) is 12.6. The Bertz CT molecular complexity index is 792. The molecule has 0 saturated carbocycles. The van der Waals surface area contributed by atoms with Gasteiger partial charge in [-0.05, 0) is 77.3 Å². The van der Waals surface area contributed by atoms with Gasteiger partial charge in [-0.25, -0.2) is 0 Å². The molecule has 0 bridgehead atoms. The second kappa shape index (κ2) is 38.1. The Balaban J connectivity index is 4.03. The smallest absolute Gasteiger partial charge is 0.308 e. The number of carbonyl (C=O) groups is 3. The van der Waals surface area contributed by atoms with Gasteiger partial charge in [0.25, 0.3) is 0 Å². The molecule has 0 aliphatic rings. The summed E-state index contributed by atoms with van der Waals surface area (Å²) in [6.07, 6.45) is 31.1. The number of aliphatic hydroxyl groups excluding tert-OH is 1. The van der Waals surface area contributed by atoms with Crippen LogP contribution in [0.15, 0.2) is 0 Å². The van der Waals surface area contributed by atoms with Gasteiger partial charge in [0.15, 0.2) is 0 Å². The fourth-order valence-corrected chi connectivity index (χ4v) is 6.62. The van der Waals surface area contributed by atoms with Crippen LogP contribution in [0, 0.1) is 5.92 Å². The van der Waals surface area contributed by atoms with Gasteiger partial charge in [-0.2, -0.15) is 0 Å². The minimum absolute atomic E-state index is 0.00499. The topological polar surface area (TPSA) is 102 Å². The highest BCUT2D eigenvalue weighted by atomic mass is 16.5. The molecule has 0 aromatic rings. The van der Waals surface area contributed by atoms with Crippen molar-refractivity contribution < 1.29 is 33.7 Å². The average molecular weight is 726 g/mol. The number of rotatable bonds is 39.